The van der Waals surface area contributed by atoms with Crippen LogP contribution in [-0.4, -0.2) is 17.0 Å². The molecule has 4 heteroatoms. The highest BCUT2D eigenvalue weighted by Gasteiger charge is 2.10. The first-order valence-corrected chi connectivity index (χ1v) is 5.58. The first-order chi connectivity index (χ1) is 7.99. The molecule has 0 aliphatic heterocycles. The molecule has 1 rings (SSSR count). The third-order valence-electron chi connectivity index (χ3n) is 2.56. The van der Waals surface area contributed by atoms with E-state index in [0.717, 1.165) is 17.7 Å². The molecule has 0 aliphatic carbocycles. The molecule has 0 spiro atoms. The molecular formula is C13H17NO3. The van der Waals surface area contributed by atoms with Gasteiger partial charge in [0.1, 0.15) is 0 Å². The predicted molar refractivity (Wildman–Crippen MR) is 65.9 cm³/mol. The Kier molecular flexibility index (Phi) is 4.69. The number of carboxylic acids is 1. The van der Waals surface area contributed by atoms with Crippen molar-refractivity contribution >= 4 is 17.6 Å². The molecule has 1 amide bonds. The summed E-state index contributed by atoms with van der Waals surface area (Å²) in [7, 11) is 0. The normalized spacial score (nSPS) is 11.9. The second kappa shape index (κ2) is 6.03. The van der Waals surface area contributed by atoms with Gasteiger partial charge in [-0.15, -0.1) is 0 Å². The van der Waals surface area contributed by atoms with Gasteiger partial charge in [-0.2, -0.15) is 0 Å². The largest absolute Gasteiger partial charge is 0.481 e. The van der Waals surface area contributed by atoms with Crippen molar-refractivity contribution in [3.63, 3.8) is 0 Å². The quantitative estimate of drug-likeness (QED) is 0.822. The Hall–Kier alpha value is -1.84. The van der Waals surface area contributed by atoms with E-state index in [1.54, 1.807) is 6.92 Å². The number of nitrogens with one attached hydrogen (secondary N) is 1. The van der Waals surface area contributed by atoms with Gasteiger partial charge in [-0.05, 0) is 30.5 Å². The fraction of sp³-hybridized carbons (Fsp3) is 0.385. The second-order valence-electron chi connectivity index (χ2n) is 4.16. The van der Waals surface area contributed by atoms with Gasteiger partial charge >= 0.3 is 5.97 Å². The van der Waals surface area contributed by atoms with Crippen molar-refractivity contribution in [3.8, 4) is 0 Å². The van der Waals surface area contributed by atoms with Gasteiger partial charge in [-0.25, -0.2) is 0 Å². The minimum absolute atomic E-state index is 0.0998. The van der Waals surface area contributed by atoms with Crippen molar-refractivity contribution < 1.29 is 14.7 Å². The molecule has 0 fully saturated rings. The maximum atomic E-state index is 10.8. The fourth-order valence-electron chi connectivity index (χ4n) is 1.46. The lowest BCUT2D eigenvalue weighted by Gasteiger charge is -2.07. The number of aliphatic carboxylic acids is 1. The minimum Gasteiger partial charge on any atom is -0.481 e. The van der Waals surface area contributed by atoms with E-state index in [1.807, 2.05) is 24.3 Å². The van der Waals surface area contributed by atoms with E-state index in [2.05, 4.69) is 5.32 Å². The number of carboxylic acid groups (broad SMARTS) is 1. The number of aryl methyl sites for hydroxylation is 1. The van der Waals surface area contributed by atoms with Crippen molar-refractivity contribution in [1.82, 2.24) is 0 Å². The molecular weight excluding hydrogens is 218 g/mol. The van der Waals surface area contributed by atoms with Crippen LogP contribution in [0.2, 0.25) is 0 Å². The summed E-state index contributed by atoms with van der Waals surface area (Å²) in [5.41, 5.74) is 1.83. The van der Waals surface area contributed by atoms with Crippen LogP contribution in [0.5, 0.6) is 0 Å². The lowest BCUT2D eigenvalue weighted by Crippen LogP contribution is -2.10. The molecule has 0 saturated carbocycles. The van der Waals surface area contributed by atoms with Crippen molar-refractivity contribution in [2.45, 2.75) is 26.7 Å². The van der Waals surface area contributed by atoms with Crippen molar-refractivity contribution in [2.75, 3.05) is 5.32 Å². The van der Waals surface area contributed by atoms with E-state index in [9.17, 15) is 9.59 Å². The predicted octanol–water partition coefficient (Wildman–Crippen LogP) is 2.30. The molecule has 0 saturated heterocycles. The summed E-state index contributed by atoms with van der Waals surface area (Å²) in [6.07, 6.45) is 1.35. The van der Waals surface area contributed by atoms with Crippen LogP contribution in [0.25, 0.3) is 0 Å². The molecule has 1 unspecified atom stereocenters. The first kappa shape index (κ1) is 13.2. The van der Waals surface area contributed by atoms with E-state index >= 15 is 0 Å². The number of hydrogen-bond donors (Lipinski definition) is 2. The number of carbonyl (C=O) groups is 2. The molecule has 1 aromatic carbocycles. The molecule has 17 heavy (non-hydrogen) atoms. The fourth-order valence-corrected chi connectivity index (χ4v) is 1.46. The number of anilines is 1. The average Bonchev–Trinajstić information content (AvgIpc) is 2.26. The molecule has 1 atom stereocenters. The van der Waals surface area contributed by atoms with Crippen LogP contribution in [-0.2, 0) is 16.0 Å². The second-order valence-corrected chi connectivity index (χ2v) is 4.16. The Balaban J connectivity index is 2.51. The zero-order valence-electron chi connectivity index (χ0n) is 10.1. The van der Waals surface area contributed by atoms with Gasteiger partial charge in [0.2, 0.25) is 5.91 Å². The van der Waals surface area contributed by atoms with Crippen LogP contribution >= 0.6 is 0 Å². The lowest BCUT2D eigenvalue weighted by molar-refractivity contribution is -0.141. The number of rotatable bonds is 5. The van der Waals surface area contributed by atoms with Gasteiger partial charge in [-0.1, -0.05) is 19.1 Å². The Labute approximate surface area is 101 Å². The highest BCUT2D eigenvalue weighted by molar-refractivity contribution is 5.88. The summed E-state index contributed by atoms with van der Waals surface area (Å²) >= 11 is 0. The summed E-state index contributed by atoms with van der Waals surface area (Å²) in [4.78, 5) is 21.5. The molecule has 92 valence electrons. The van der Waals surface area contributed by atoms with Crippen molar-refractivity contribution in [1.29, 1.82) is 0 Å². The standard InChI is InChI=1S/C13H17NO3/c1-9(13(16)17)3-4-11-5-7-12(8-6-11)14-10(2)15/h5-9H,3-4H2,1-2H3,(H,14,15)(H,16,17). The molecule has 0 heterocycles. The molecule has 0 bridgehead atoms. The zero-order chi connectivity index (χ0) is 12.8. The molecule has 2 N–H and O–H groups in total. The molecule has 0 aliphatic rings. The highest BCUT2D eigenvalue weighted by atomic mass is 16.4. The highest BCUT2D eigenvalue weighted by Crippen LogP contribution is 2.13. The summed E-state index contributed by atoms with van der Waals surface area (Å²) in [5, 5.41) is 11.4. The molecule has 0 aromatic heterocycles. The zero-order valence-corrected chi connectivity index (χ0v) is 10.1. The summed E-state index contributed by atoms with van der Waals surface area (Å²) in [6, 6.07) is 7.45. The maximum Gasteiger partial charge on any atom is 0.306 e. The molecule has 0 radical (unpaired) electrons. The summed E-state index contributed by atoms with van der Waals surface area (Å²) in [6.45, 7) is 3.16. The smallest absolute Gasteiger partial charge is 0.306 e. The third kappa shape index (κ3) is 4.68. The number of benzene rings is 1. The van der Waals surface area contributed by atoms with Gasteiger partial charge in [0.15, 0.2) is 0 Å². The van der Waals surface area contributed by atoms with E-state index in [0.29, 0.717) is 6.42 Å². The topological polar surface area (TPSA) is 66.4 Å². The van der Waals surface area contributed by atoms with Crippen LogP contribution in [0.3, 0.4) is 0 Å². The van der Waals surface area contributed by atoms with Crippen LogP contribution in [0, 0.1) is 5.92 Å². The van der Waals surface area contributed by atoms with Crippen molar-refractivity contribution in [2.24, 2.45) is 5.92 Å². The summed E-state index contributed by atoms with van der Waals surface area (Å²) < 4.78 is 0. The Bertz CT molecular complexity index is 398. The van der Waals surface area contributed by atoms with Crippen molar-refractivity contribution in [3.05, 3.63) is 29.8 Å². The lowest BCUT2D eigenvalue weighted by atomic mass is 10.0. The Morgan fingerprint density at radius 2 is 1.88 bits per heavy atom. The minimum atomic E-state index is -0.764. The monoisotopic (exact) mass is 235 g/mol. The van der Waals surface area contributed by atoms with Crippen LogP contribution in [0.15, 0.2) is 24.3 Å². The van der Waals surface area contributed by atoms with Crippen LogP contribution < -0.4 is 5.32 Å². The van der Waals surface area contributed by atoms with Gasteiger partial charge < -0.3 is 10.4 Å². The van der Waals surface area contributed by atoms with Crippen LogP contribution in [0.1, 0.15) is 25.8 Å². The van der Waals surface area contributed by atoms with Crippen LogP contribution in [0.4, 0.5) is 5.69 Å². The molecule has 1 aromatic rings. The number of amides is 1. The average molecular weight is 235 g/mol. The SMILES string of the molecule is CC(=O)Nc1ccc(CCC(C)C(=O)O)cc1. The van der Waals surface area contributed by atoms with E-state index in [-0.39, 0.29) is 11.8 Å². The van der Waals surface area contributed by atoms with Gasteiger partial charge in [-0.3, -0.25) is 9.59 Å². The Morgan fingerprint density at radius 1 is 1.29 bits per heavy atom. The Morgan fingerprint density at radius 3 is 2.35 bits per heavy atom. The van der Waals surface area contributed by atoms with E-state index in [1.165, 1.54) is 6.92 Å². The third-order valence-corrected chi connectivity index (χ3v) is 2.56. The number of carbonyl (C=O) groups excluding carboxylic acids is 1. The van der Waals surface area contributed by atoms with Gasteiger partial charge in [0.25, 0.3) is 0 Å². The van der Waals surface area contributed by atoms with E-state index in [4.69, 9.17) is 5.11 Å². The summed E-state index contributed by atoms with van der Waals surface area (Å²) in [5.74, 6) is -1.19. The first-order valence-electron chi connectivity index (χ1n) is 5.58. The van der Waals surface area contributed by atoms with Gasteiger partial charge in [0, 0.05) is 12.6 Å². The molecule has 4 nitrogen and oxygen atoms in total. The number of hydrogen-bond acceptors (Lipinski definition) is 2. The maximum absolute atomic E-state index is 10.8. The van der Waals surface area contributed by atoms with Gasteiger partial charge in [0.05, 0.1) is 5.92 Å². The van der Waals surface area contributed by atoms with E-state index < -0.39 is 5.97 Å².